The Morgan fingerprint density at radius 1 is 1.33 bits per heavy atom. The zero-order valence-electron chi connectivity index (χ0n) is 13.5. The summed E-state index contributed by atoms with van der Waals surface area (Å²) in [6, 6.07) is 8.45. The molecule has 1 N–H and O–H groups in total. The third kappa shape index (κ3) is 3.00. The van der Waals surface area contributed by atoms with Gasteiger partial charge in [0.1, 0.15) is 5.69 Å². The molecule has 6 heteroatoms. The van der Waals surface area contributed by atoms with Gasteiger partial charge in [0.2, 0.25) is 0 Å². The van der Waals surface area contributed by atoms with Gasteiger partial charge < -0.3 is 10.2 Å². The van der Waals surface area contributed by atoms with Crippen LogP contribution in [0.5, 0.6) is 0 Å². The molecule has 0 saturated carbocycles. The van der Waals surface area contributed by atoms with E-state index in [1.165, 1.54) is 11.1 Å². The summed E-state index contributed by atoms with van der Waals surface area (Å²) in [5, 5.41) is 7.95. The third-order valence-corrected chi connectivity index (χ3v) is 5.72. The first-order valence-electron chi connectivity index (χ1n) is 8.54. The molecule has 1 aromatic carbocycles. The van der Waals surface area contributed by atoms with Crippen LogP contribution >= 0.6 is 15.9 Å². The van der Waals surface area contributed by atoms with Gasteiger partial charge in [-0.05, 0) is 49.1 Å². The Labute approximate surface area is 150 Å². The fraction of sp³-hybridized carbons (Fsp3) is 0.444. The number of piperidine rings is 1. The van der Waals surface area contributed by atoms with Crippen molar-refractivity contribution in [3.8, 4) is 0 Å². The molecule has 2 aliphatic heterocycles. The average molecular weight is 389 g/mol. The normalized spacial score (nSPS) is 20.7. The Bertz CT molecular complexity index is 751. The maximum absolute atomic E-state index is 12.8. The second-order valence-electron chi connectivity index (χ2n) is 6.54. The molecule has 1 fully saturated rings. The van der Waals surface area contributed by atoms with Crippen LogP contribution in [-0.4, -0.2) is 40.2 Å². The van der Waals surface area contributed by atoms with Crippen LogP contribution in [0.4, 0.5) is 0 Å². The van der Waals surface area contributed by atoms with E-state index < -0.39 is 0 Å². The van der Waals surface area contributed by atoms with Crippen LogP contribution in [0.2, 0.25) is 0 Å². The second-order valence-corrected chi connectivity index (χ2v) is 7.39. The van der Waals surface area contributed by atoms with Crippen LogP contribution in [0.3, 0.4) is 0 Å². The minimum Gasteiger partial charge on any atom is -0.333 e. The number of aromatic nitrogens is 2. The Kier molecular flexibility index (Phi) is 4.41. The highest BCUT2D eigenvalue weighted by atomic mass is 79.9. The molecular formula is C18H21BrN4O. The first kappa shape index (κ1) is 15.8. The van der Waals surface area contributed by atoms with Crippen molar-refractivity contribution >= 4 is 21.8 Å². The number of rotatable bonds is 2. The Morgan fingerprint density at radius 3 is 3.08 bits per heavy atom. The lowest BCUT2D eigenvalue weighted by molar-refractivity contribution is 0.0727. The molecule has 2 aromatic rings. The summed E-state index contributed by atoms with van der Waals surface area (Å²) in [6.45, 7) is 3.40. The molecule has 3 heterocycles. The van der Waals surface area contributed by atoms with Crippen LogP contribution in [0.1, 0.15) is 40.5 Å². The highest BCUT2D eigenvalue weighted by Gasteiger charge is 2.25. The lowest BCUT2D eigenvalue weighted by Crippen LogP contribution is -2.36. The molecule has 126 valence electrons. The molecule has 1 aromatic heterocycles. The van der Waals surface area contributed by atoms with Crippen molar-refractivity contribution in [1.29, 1.82) is 0 Å². The predicted molar refractivity (Wildman–Crippen MR) is 96.0 cm³/mol. The first-order valence-corrected chi connectivity index (χ1v) is 9.33. The van der Waals surface area contributed by atoms with Crippen molar-refractivity contribution in [2.45, 2.75) is 31.8 Å². The van der Waals surface area contributed by atoms with Gasteiger partial charge in [-0.3, -0.25) is 9.48 Å². The smallest absolute Gasteiger partial charge is 0.274 e. The van der Waals surface area contributed by atoms with Crippen LogP contribution < -0.4 is 5.32 Å². The maximum atomic E-state index is 12.8. The number of fused-ring (bicyclic) bond motifs is 1. The van der Waals surface area contributed by atoms with E-state index in [1.807, 2.05) is 27.9 Å². The van der Waals surface area contributed by atoms with Gasteiger partial charge in [-0.2, -0.15) is 5.10 Å². The number of hydrogen-bond acceptors (Lipinski definition) is 3. The topological polar surface area (TPSA) is 50.2 Å². The van der Waals surface area contributed by atoms with Gasteiger partial charge in [0, 0.05) is 30.3 Å². The van der Waals surface area contributed by atoms with Crippen molar-refractivity contribution in [3.63, 3.8) is 0 Å². The van der Waals surface area contributed by atoms with E-state index in [2.05, 4.69) is 38.5 Å². The van der Waals surface area contributed by atoms with Crippen molar-refractivity contribution in [2.75, 3.05) is 19.6 Å². The summed E-state index contributed by atoms with van der Waals surface area (Å²) in [6.07, 6.45) is 5.11. The van der Waals surface area contributed by atoms with Crippen LogP contribution in [0.15, 0.2) is 34.9 Å². The summed E-state index contributed by atoms with van der Waals surface area (Å²) in [4.78, 5) is 14.7. The molecular weight excluding hydrogens is 368 g/mol. The standard InChI is InChI=1S/C18H21BrN4O/c19-16-5-1-3-13-6-9-22(12-15(13)16)18(24)17-7-10-23(21-17)14-4-2-8-20-11-14/h1,3,5,7,10,14,20H,2,4,6,8-9,11-12H2. The second kappa shape index (κ2) is 6.69. The van der Waals surface area contributed by atoms with Crippen molar-refractivity contribution < 1.29 is 4.79 Å². The van der Waals surface area contributed by atoms with Crippen LogP contribution in [0.25, 0.3) is 0 Å². The number of carbonyl (C=O) groups excluding carboxylic acids is 1. The van der Waals surface area contributed by atoms with Crippen LogP contribution in [0, 0.1) is 0 Å². The van der Waals surface area contributed by atoms with Crippen molar-refractivity contribution in [2.24, 2.45) is 0 Å². The van der Waals surface area contributed by atoms with E-state index in [9.17, 15) is 4.79 Å². The fourth-order valence-corrected chi connectivity index (χ4v) is 4.12. The third-order valence-electron chi connectivity index (χ3n) is 4.98. The van der Waals surface area contributed by atoms with Crippen molar-refractivity contribution in [3.05, 3.63) is 51.8 Å². The molecule has 5 nitrogen and oxygen atoms in total. The molecule has 0 aliphatic carbocycles. The number of carbonyl (C=O) groups is 1. The van der Waals surface area contributed by atoms with Gasteiger partial charge in [-0.25, -0.2) is 0 Å². The minimum absolute atomic E-state index is 0.0268. The Balaban J connectivity index is 1.50. The predicted octanol–water partition coefficient (Wildman–Crippen LogP) is 2.77. The minimum atomic E-state index is 0.0268. The SMILES string of the molecule is O=C(c1ccn(C2CCCNC2)n1)N1CCc2cccc(Br)c2C1. The molecule has 24 heavy (non-hydrogen) atoms. The van der Waals surface area contributed by atoms with Gasteiger partial charge >= 0.3 is 0 Å². The van der Waals surface area contributed by atoms with Gasteiger partial charge in [0.15, 0.2) is 0 Å². The monoisotopic (exact) mass is 388 g/mol. The van der Waals surface area contributed by atoms with Crippen LogP contribution in [-0.2, 0) is 13.0 Å². The molecule has 1 unspecified atom stereocenters. The molecule has 0 bridgehead atoms. The van der Waals surface area contributed by atoms with Gasteiger partial charge in [-0.1, -0.05) is 28.1 Å². The van der Waals surface area contributed by atoms with Crippen molar-refractivity contribution in [1.82, 2.24) is 20.0 Å². The highest BCUT2D eigenvalue weighted by molar-refractivity contribution is 9.10. The molecule has 1 saturated heterocycles. The number of hydrogen-bond donors (Lipinski definition) is 1. The Hall–Kier alpha value is -1.66. The molecule has 0 radical (unpaired) electrons. The van der Waals surface area contributed by atoms with E-state index in [1.54, 1.807) is 0 Å². The number of halogens is 1. The number of amides is 1. The largest absolute Gasteiger partial charge is 0.333 e. The van der Waals surface area contributed by atoms with Gasteiger partial charge in [0.05, 0.1) is 6.04 Å². The highest BCUT2D eigenvalue weighted by Crippen LogP contribution is 2.27. The maximum Gasteiger partial charge on any atom is 0.274 e. The average Bonchev–Trinajstić information content (AvgIpc) is 3.12. The fourth-order valence-electron chi connectivity index (χ4n) is 3.59. The summed E-state index contributed by atoms with van der Waals surface area (Å²) < 4.78 is 3.03. The van der Waals surface area contributed by atoms with Gasteiger partial charge in [-0.15, -0.1) is 0 Å². The van der Waals surface area contributed by atoms with E-state index in [0.717, 1.165) is 43.4 Å². The summed E-state index contributed by atoms with van der Waals surface area (Å²) in [5.41, 5.74) is 3.09. The Morgan fingerprint density at radius 2 is 2.25 bits per heavy atom. The van der Waals surface area contributed by atoms with E-state index >= 15 is 0 Å². The number of nitrogens with one attached hydrogen (secondary N) is 1. The van der Waals surface area contributed by atoms with E-state index in [4.69, 9.17) is 0 Å². The number of nitrogens with zero attached hydrogens (tertiary/aromatic N) is 3. The van der Waals surface area contributed by atoms with Gasteiger partial charge in [0.25, 0.3) is 5.91 Å². The summed E-state index contributed by atoms with van der Waals surface area (Å²) in [5.74, 6) is 0.0268. The quantitative estimate of drug-likeness (QED) is 0.860. The zero-order valence-corrected chi connectivity index (χ0v) is 15.1. The summed E-state index contributed by atoms with van der Waals surface area (Å²) in [7, 11) is 0. The molecule has 0 spiro atoms. The lowest BCUT2D eigenvalue weighted by Gasteiger charge is -2.29. The molecule has 2 aliphatic rings. The molecule has 4 rings (SSSR count). The molecule has 1 amide bonds. The lowest BCUT2D eigenvalue weighted by atomic mass is 10.00. The van der Waals surface area contributed by atoms with E-state index in [-0.39, 0.29) is 5.91 Å². The molecule has 1 atom stereocenters. The zero-order chi connectivity index (χ0) is 16.5. The number of benzene rings is 1. The summed E-state index contributed by atoms with van der Waals surface area (Å²) >= 11 is 3.61. The first-order chi connectivity index (χ1) is 11.7. The van der Waals surface area contributed by atoms with E-state index in [0.29, 0.717) is 18.3 Å².